The summed E-state index contributed by atoms with van der Waals surface area (Å²) in [5.41, 5.74) is 2.73. The minimum atomic E-state index is -0.0955. The van der Waals surface area contributed by atoms with E-state index in [0.29, 0.717) is 6.42 Å². The van der Waals surface area contributed by atoms with Crippen LogP contribution in [0.25, 0.3) is 0 Å². The molecule has 6 heteroatoms. The summed E-state index contributed by atoms with van der Waals surface area (Å²) in [4.78, 5) is 14.5. The molecule has 1 aliphatic heterocycles. The Bertz CT molecular complexity index is 781. The number of aryl methyl sites for hydroxylation is 1. The van der Waals surface area contributed by atoms with E-state index >= 15 is 0 Å². The molecule has 0 fully saturated rings. The van der Waals surface area contributed by atoms with Crippen LogP contribution >= 0.6 is 0 Å². The van der Waals surface area contributed by atoms with Crippen LogP contribution in [0.5, 0.6) is 0 Å². The maximum atomic E-state index is 12.0. The molecule has 1 atom stereocenters. The first-order valence-electron chi connectivity index (χ1n) is 10.5. The lowest BCUT2D eigenvalue weighted by Crippen LogP contribution is -2.34. The summed E-state index contributed by atoms with van der Waals surface area (Å²) in [5.74, 6) is 2.23. The Balaban J connectivity index is 1.70. The van der Waals surface area contributed by atoms with Gasteiger partial charge in [0, 0.05) is 39.0 Å². The van der Waals surface area contributed by atoms with E-state index in [0.717, 1.165) is 50.7 Å². The van der Waals surface area contributed by atoms with E-state index in [9.17, 15) is 4.79 Å². The zero-order chi connectivity index (χ0) is 20.1. The normalized spacial score (nSPS) is 15.9. The first-order valence-corrected chi connectivity index (χ1v) is 10.5. The minimum absolute atomic E-state index is 0.0572. The van der Waals surface area contributed by atoms with Crippen molar-refractivity contribution in [2.75, 3.05) is 13.1 Å². The molecule has 1 amide bonds. The van der Waals surface area contributed by atoms with Gasteiger partial charge in [-0.05, 0) is 23.5 Å². The van der Waals surface area contributed by atoms with Crippen LogP contribution in [0, 0.1) is 5.92 Å². The monoisotopic (exact) mass is 383 g/mol. The smallest absolute Gasteiger partial charge is 0.220 e. The average Bonchev–Trinajstić information content (AvgIpc) is 2.99. The second-order valence-electron chi connectivity index (χ2n) is 7.97. The molecule has 0 saturated heterocycles. The van der Waals surface area contributed by atoms with Crippen molar-refractivity contribution in [1.29, 1.82) is 0 Å². The molecule has 1 aliphatic rings. The molecule has 1 N–H and O–H groups in total. The van der Waals surface area contributed by atoms with Crippen LogP contribution < -0.4 is 5.32 Å². The largest absolute Gasteiger partial charge is 0.346 e. The van der Waals surface area contributed by atoms with Gasteiger partial charge in [-0.1, -0.05) is 52.0 Å². The van der Waals surface area contributed by atoms with Crippen LogP contribution in [0.2, 0.25) is 0 Å². The van der Waals surface area contributed by atoms with Crippen molar-refractivity contribution in [2.24, 2.45) is 5.92 Å². The number of carbonyl (C=O) groups is 1. The molecule has 0 aliphatic carbocycles. The van der Waals surface area contributed by atoms with Crippen molar-refractivity contribution in [1.82, 2.24) is 25.0 Å². The quantitative estimate of drug-likeness (QED) is 0.798. The lowest BCUT2D eigenvalue weighted by atomic mass is 10.0. The highest BCUT2D eigenvalue weighted by Gasteiger charge is 2.27. The molecule has 1 aromatic carbocycles. The summed E-state index contributed by atoms with van der Waals surface area (Å²) in [6.45, 7) is 12.0. The van der Waals surface area contributed by atoms with Gasteiger partial charge in [0.15, 0.2) is 5.82 Å². The van der Waals surface area contributed by atoms with E-state index < -0.39 is 0 Å². The predicted molar refractivity (Wildman–Crippen MR) is 111 cm³/mol. The average molecular weight is 384 g/mol. The van der Waals surface area contributed by atoms with Gasteiger partial charge in [0.2, 0.25) is 5.91 Å². The van der Waals surface area contributed by atoms with Crippen molar-refractivity contribution >= 4 is 5.91 Å². The Kier molecular flexibility index (Phi) is 6.83. The molecule has 0 radical (unpaired) electrons. The number of nitrogens with zero attached hydrogens (tertiary/aromatic N) is 4. The third-order valence-corrected chi connectivity index (χ3v) is 5.57. The number of rotatable bonds is 7. The van der Waals surface area contributed by atoms with Gasteiger partial charge in [-0.25, -0.2) is 0 Å². The van der Waals surface area contributed by atoms with E-state index in [2.05, 4.69) is 70.0 Å². The van der Waals surface area contributed by atoms with Gasteiger partial charge in [-0.15, -0.1) is 10.2 Å². The zero-order valence-corrected chi connectivity index (χ0v) is 17.6. The summed E-state index contributed by atoms with van der Waals surface area (Å²) in [5, 5.41) is 12.0. The second-order valence-corrected chi connectivity index (χ2v) is 7.97. The third-order valence-electron chi connectivity index (χ3n) is 5.57. The molecule has 0 bridgehead atoms. The number of amides is 1. The lowest BCUT2D eigenvalue weighted by molar-refractivity contribution is -0.121. The fraction of sp³-hybridized carbons (Fsp3) is 0.591. The highest BCUT2D eigenvalue weighted by molar-refractivity contribution is 5.75. The highest BCUT2D eigenvalue weighted by Crippen LogP contribution is 2.23. The van der Waals surface area contributed by atoms with E-state index in [1.54, 1.807) is 0 Å². The van der Waals surface area contributed by atoms with Crippen LogP contribution in [0.4, 0.5) is 0 Å². The minimum Gasteiger partial charge on any atom is -0.346 e. The summed E-state index contributed by atoms with van der Waals surface area (Å²) in [7, 11) is 0. The molecule has 1 unspecified atom stereocenters. The number of carbonyl (C=O) groups excluding carboxylic acids is 1. The van der Waals surface area contributed by atoms with Crippen LogP contribution in [-0.4, -0.2) is 38.7 Å². The van der Waals surface area contributed by atoms with Gasteiger partial charge in [-0.2, -0.15) is 0 Å². The van der Waals surface area contributed by atoms with Gasteiger partial charge in [-0.3, -0.25) is 9.69 Å². The Morgan fingerprint density at radius 1 is 1.07 bits per heavy atom. The first kappa shape index (κ1) is 20.5. The Hall–Kier alpha value is -2.21. The van der Waals surface area contributed by atoms with Crippen LogP contribution in [0.1, 0.15) is 62.9 Å². The predicted octanol–water partition coefficient (Wildman–Crippen LogP) is 3.12. The molecular formula is C22H33N5O. The second kappa shape index (κ2) is 9.32. The number of aromatic nitrogens is 3. The van der Waals surface area contributed by atoms with E-state index in [4.69, 9.17) is 0 Å². The maximum absolute atomic E-state index is 12.0. The Morgan fingerprint density at radius 2 is 1.79 bits per heavy atom. The van der Waals surface area contributed by atoms with E-state index in [-0.39, 0.29) is 17.9 Å². The van der Waals surface area contributed by atoms with Crippen molar-refractivity contribution in [3.63, 3.8) is 0 Å². The molecule has 2 aromatic rings. The van der Waals surface area contributed by atoms with E-state index in [1.807, 2.05) is 6.92 Å². The molecule has 3 rings (SSSR count). The molecule has 152 valence electrons. The van der Waals surface area contributed by atoms with Crippen LogP contribution in [0.3, 0.4) is 0 Å². The number of nitrogens with one attached hydrogen (secondary N) is 1. The molecule has 0 saturated carbocycles. The van der Waals surface area contributed by atoms with E-state index in [1.165, 1.54) is 11.1 Å². The van der Waals surface area contributed by atoms with Crippen molar-refractivity contribution in [3.8, 4) is 0 Å². The number of fused-ring (bicyclic) bond motifs is 1. The fourth-order valence-electron chi connectivity index (χ4n) is 3.72. The Labute approximate surface area is 168 Å². The molecule has 0 spiro atoms. The summed E-state index contributed by atoms with van der Waals surface area (Å²) >= 11 is 0. The molecule has 1 aromatic heterocycles. The van der Waals surface area contributed by atoms with Crippen molar-refractivity contribution < 1.29 is 4.79 Å². The maximum Gasteiger partial charge on any atom is 0.220 e. The van der Waals surface area contributed by atoms with Crippen molar-refractivity contribution in [3.05, 3.63) is 47.0 Å². The summed E-state index contributed by atoms with van der Waals surface area (Å²) in [6, 6.07) is 8.84. The summed E-state index contributed by atoms with van der Waals surface area (Å²) < 4.78 is 2.22. The standard InChI is InChI=1S/C22H33N5O/c1-5-17-7-9-18(10-8-17)15-26-12-11-19-24-25-22(27(19)14-13-26)21(16(3)4)23-20(28)6-2/h7-10,16,21H,5-6,11-15H2,1-4H3,(H,23,28). The van der Waals surface area contributed by atoms with Gasteiger partial charge in [0.25, 0.3) is 0 Å². The number of benzene rings is 1. The molecule has 6 nitrogen and oxygen atoms in total. The van der Waals surface area contributed by atoms with Gasteiger partial charge < -0.3 is 9.88 Å². The number of hydrogen-bond donors (Lipinski definition) is 1. The topological polar surface area (TPSA) is 63.1 Å². The lowest BCUT2D eigenvalue weighted by Gasteiger charge is -2.23. The van der Waals surface area contributed by atoms with Gasteiger partial charge in [0.05, 0.1) is 6.04 Å². The molecule has 2 heterocycles. The molecular weight excluding hydrogens is 350 g/mol. The fourth-order valence-corrected chi connectivity index (χ4v) is 3.72. The van der Waals surface area contributed by atoms with Gasteiger partial charge >= 0.3 is 0 Å². The third kappa shape index (κ3) is 4.79. The molecule has 28 heavy (non-hydrogen) atoms. The SMILES string of the molecule is CCC(=O)NC(c1nnc2n1CCN(Cc1ccc(CC)cc1)CC2)C(C)C. The summed E-state index contributed by atoms with van der Waals surface area (Å²) in [6.07, 6.45) is 2.44. The van der Waals surface area contributed by atoms with Crippen molar-refractivity contribution in [2.45, 2.75) is 66.1 Å². The first-order chi connectivity index (χ1) is 13.5. The zero-order valence-electron chi connectivity index (χ0n) is 17.6. The van der Waals surface area contributed by atoms with Crippen LogP contribution in [0.15, 0.2) is 24.3 Å². The highest BCUT2D eigenvalue weighted by atomic mass is 16.1. The Morgan fingerprint density at radius 3 is 2.43 bits per heavy atom. The number of hydrogen-bond acceptors (Lipinski definition) is 4. The van der Waals surface area contributed by atoms with Gasteiger partial charge in [0.1, 0.15) is 5.82 Å². The van der Waals surface area contributed by atoms with Crippen LogP contribution in [-0.2, 0) is 30.7 Å².